The van der Waals surface area contributed by atoms with Gasteiger partial charge in [-0.2, -0.15) is 0 Å². The van der Waals surface area contributed by atoms with E-state index >= 15 is 0 Å². The Morgan fingerprint density at radius 1 is 1.20 bits per heavy atom. The molecule has 0 heterocycles. The topological polar surface area (TPSA) is 3.24 Å². The zero-order chi connectivity index (χ0) is 8.58. The normalized spacial score (nSPS) is 19.2. The highest BCUT2D eigenvalue weighted by atomic mass is 35.6. The largest absolute Gasteiger partial charge is 0.317 e. The van der Waals surface area contributed by atoms with E-state index in [0.29, 0.717) is 0 Å². The van der Waals surface area contributed by atoms with Crippen molar-refractivity contribution in [1.82, 2.24) is 4.57 Å². The van der Waals surface area contributed by atoms with Crippen LogP contribution in [0.5, 0.6) is 0 Å². The van der Waals surface area contributed by atoms with Gasteiger partial charge in [0.1, 0.15) is 0 Å². The number of hydrogen-bond donors (Lipinski definition) is 0. The van der Waals surface area contributed by atoms with Gasteiger partial charge >= 0.3 is 0 Å². The third kappa shape index (κ3) is 1.97. The fourth-order valence-electron chi connectivity index (χ4n) is 0.671. The van der Waals surface area contributed by atoms with Gasteiger partial charge in [0, 0.05) is 0 Å². The first kappa shape index (κ1) is 10.5. The van der Waals surface area contributed by atoms with E-state index in [1.54, 1.807) is 0 Å². The SMILES string of the molecule is CN(C)[Si](C)(Cl)C(C)(C)C. The van der Waals surface area contributed by atoms with Gasteiger partial charge in [0.2, 0.25) is 7.55 Å². The van der Waals surface area contributed by atoms with Crippen molar-refractivity contribution in [2.45, 2.75) is 32.4 Å². The molecule has 0 bridgehead atoms. The summed E-state index contributed by atoms with van der Waals surface area (Å²) in [4.78, 5) is 0. The van der Waals surface area contributed by atoms with Gasteiger partial charge < -0.3 is 4.57 Å². The lowest BCUT2D eigenvalue weighted by Crippen LogP contribution is -2.48. The lowest BCUT2D eigenvalue weighted by atomic mass is 10.3. The zero-order valence-electron chi connectivity index (χ0n) is 7.83. The summed E-state index contributed by atoms with van der Waals surface area (Å²) in [5.41, 5.74) is 0. The van der Waals surface area contributed by atoms with E-state index in [-0.39, 0.29) is 5.04 Å². The molecule has 0 spiro atoms. The summed E-state index contributed by atoms with van der Waals surface area (Å²) in [5.74, 6) is 0. The molecule has 0 N–H and O–H groups in total. The molecular formula is C7H18ClNSi. The van der Waals surface area contributed by atoms with E-state index in [1.165, 1.54) is 0 Å². The predicted octanol–water partition coefficient (Wildman–Crippen LogP) is 2.66. The molecule has 3 heteroatoms. The fraction of sp³-hybridized carbons (Fsp3) is 1.00. The molecule has 10 heavy (non-hydrogen) atoms. The second kappa shape index (κ2) is 2.84. The summed E-state index contributed by atoms with van der Waals surface area (Å²) in [5, 5.41) is 0.248. The van der Waals surface area contributed by atoms with Crippen molar-refractivity contribution in [3.8, 4) is 0 Å². The van der Waals surface area contributed by atoms with Crippen molar-refractivity contribution in [1.29, 1.82) is 0 Å². The second-order valence-electron chi connectivity index (χ2n) is 4.10. The monoisotopic (exact) mass is 179 g/mol. The van der Waals surface area contributed by atoms with Crippen LogP contribution in [0.3, 0.4) is 0 Å². The van der Waals surface area contributed by atoms with Gasteiger partial charge in [0.05, 0.1) is 0 Å². The van der Waals surface area contributed by atoms with Crippen LogP contribution in [-0.4, -0.2) is 26.2 Å². The Balaban J connectivity index is 4.40. The van der Waals surface area contributed by atoms with Gasteiger partial charge in [-0.1, -0.05) is 20.8 Å². The minimum absolute atomic E-state index is 0.248. The highest BCUT2D eigenvalue weighted by Gasteiger charge is 2.40. The third-order valence-electron chi connectivity index (χ3n) is 2.21. The van der Waals surface area contributed by atoms with Crippen molar-refractivity contribution < 1.29 is 0 Å². The van der Waals surface area contributed by atoms with Crippen LogP contribution in [0, 0.1) is 0 Å². The summed E-state index contributed by atoms with van der Waals surface area (Å²) < 4.78 is 2.18. The van der Waals surface area contributed by atoms with Gasteiger partial charge in [-0.15, -0.1) is 11.1 Å². The van der Waals surface area contributed by atoms with Crippen LogP contribution >= 0.6 is 11.1 Å². The number of halogens is 1. The van der Waals surface area contributed by atoms with Gasteiger partial charge in [-0.3, -0.25) is 0 Å². The van der Waals surface area contributed by atoms with Gasteiger partial charge in [0.25, 0.3) is 0 Å². The first-order valence-electron chi connectivity index (χ1n) is 3.56. The van der Waals surface area contributed by atoms with Crippen molar-refractivity contribution in [3.63, 3.8) is 0 Å². The van der Waals surface area contributed by atoms with Crippen LogP contribution < -0.4 is 0 Å². The van der Waals surface area contributed by atoms with Crippen molar-refractivity contribution in [3.05, 3.63) is 0 Å². The molecule has 0 rings (SSSR count). The van der Waals surface area contributed by atoms with Gasteiger partial charge in [0.15, 0.2) is 0 Å². The molecule has 0 aliphatic carbocycles. The Morgan fingerprint density at radius 3 is 1.50 bits per heavy atom. The lowest BCUT2D eigenvalue weighted by Gasteiger charge is -2.38. The molecule has 0 aliphatic heterocycles. The maximum atomic E-state index is 6.41. The maximum Gasteiger partial charge on any atom is 0.231 e. The Hall–Kier alpha value is 0.467. The quantitative estimate of drug-likeness (QED) is 0.442. The molecule has 0 radical (unpaired) electrons. The van der Waals surface area contributed by atoms with Crippen LogP contribution in [0.15, 0.2) is 0 Å². The molecule has 0 fully saturated rings. The zero-order valence-corrected chi connectivity index (χ0v) is 9.58. The molecule has 0 aromatic carbocycles. The average Bonchev–Trinajstić information content (AvgIpc) is 1.62. The fourth-order valence-corrected chi connectivity index (χ4v) is 2.01. The number of hydrogen-bond acceptors (Lipinski definition) is 1. The van der Waals surface area contributed by atoms with Crippen LogP contribution in [0.1, 0.15) is 20.8 Å². The predicted molar refractivity (Wildman–Crippen MR) is 50.9 cm³/mol. The summed E-state index contributed by atoms with van der Waals surface area (Å²) >= 11 is 6.41. The van der Waals surface area contributed by atoms with E-state index in [1.807, 2.05) is 0 Å². The molecule has 0 aromatic rings. The highest BCUT2D eigenvalue weighted by Crippen LogP contribution is 2.39. The molecule has 0 aliphatic rings. The molecule has 0 amide bonds. The van der Waals surface area contributed by atoms with Gasteiger partial charge in [-0.25, -0.2) is 0 Å². The standard InChI is InChI=1S/C7H18ClNSi/c1-7(2,3)10(6,8)9(4)5/h1-6H3. The molecule has 1 unspecified atom stereocenters. The molecule has 0 saturated heterocycles. The summed E-state index contributed by atoms with van der Waals surface area (Å²) in [7, 11) is 2.44. The molecule has 0 aromatic heterocycles. The van der Waals surface area contributed by atoms with Crippen LogP contribution in [0.25, 0.3) is 0 Å². The Bertz CT molecular complexity index is 115. The number of rotatable bonds is 1. The van der Waals surface area contributed by atoms with Crippen molar-refractivity contribution in [2.24, 2.45) is 0 Å². The van der Waals surface area contributed by atoms with Crippen LogP contribution in [-0.2, 0) is 0 Å². The maximum absolute atomic E-state index is 6.41. The number of nitrogens with zero attached hydrogens (tertiary/aromatic N) is 1. The molecule has 0 saturated carbocycles. The molecule has 62 valence electrons. The van der Waals surface area contributed by atoms with E-state index in [4.69, 9.17) is 11.1 Å². The van der Waals surface area contributed by atoms with Gasteiger partial charge in [-0.05, 0) is 25.7 Å². The summed E-state index contributed by atoms with van der Waals surface area (Å²) in [6.45, 7) is 8.78. The smallest absolute Gasteiger partial charge is 0.231 e. The van der Waals surface area contributed by atoms with Crippen molar-refractivity contribution >= 4 is 18.6 Å². The highest BCUT2D eigenvalue weighted by molar-refractivity contribution is 7.19. The first-order valence-corrected chi connectivity index (χ1v) is 7.02. The van der Waals surface area contributed by atoms with Crippen LogP contribution in [0.4, 0.5) is 0 Å². The van der Waals surface area contributed by atoms with E-state index < -0.39 is 7.55 Å². The van der Waals surface area contributed by atoms with Crippen LogP contribution in [0.2, 0.25) is 11.6 Å². The minimum atomic E-state index is -1.68. The lowest BCUT2D eigenvalue weighted by molar-refractivity contribution is 0.568. The average molecular weight is 180 g/mol. The Kier molecular flexibility index (Phi) is 2.97. The molecule has 1 atom stereocenters. The van der Waals surface area contributed by atoms with Crippen molar-refractivity contribution in [2.75, 3.05) is 14.1 Å². The third-order valence-corrected chi connectivity index (χ3v) is 9.34. The summed E-state index contributed by atoms with van der Waals surface area (Å²) in [6, 6.07) is 0. The second-order valence-corrected chi connectivity index (χ2v) is 10.6. The van der Waals surface area contributed by atoms with E-state index in [2.05, 4.69) is 46.0 Å². The Morgan fingerprint density at radius 2 is 1.50 bits per heavy atom. The minimum Gasteiger partial charge on any atom is -0.317 e. The summed E-state index contributed by atoms with van der Waals surface area (Å²) in [6.07, 6.45) is 0. The molecule has 1 nitrogen and oxygen atoms in total. The molecular weight excluding hydrogens is 162 g/mol. The van der Waals surface area contributed by atoms with E-state index in [9.17, 15) is 0 Å². The van der Waals surface area contributed by atoms with E-state index in [0.717, 1.165) is 0 Å². The Labute approximate surface area is 70.2 Å². The first-order chi connectivity index (χ1) is 4.19.